The topological polar surface area (TPSA) is 90.1 Å². The molecule has 0 bridgehead atoms. The van der Waals surface area contributed by atoms with Gasteiger partial charge in [-0.1, -0.05) is 0 Å². The number of rotatable bonds is 4. The van der Waals surface area contributed by atoms with Crippen LogP contribution in [0, 0.1) is 6.92 Å². The smallest absolute Gasteiger partial charge is 0.307 e. The Bertz CT molecular complexity index is 334. The first kappa shape index (κ1) is 11.2. The second kappa shape index (κ2) is 5.14. The lowest BCUT2D eigenvalue weighted by Gasteiger charge is -2.05. The summed E-state index contributed by atoms with van der Waals surface area (Å²) in [6.07, 6.45) is 0.291. The van der Waals surface area contributed by atoms with Crippen LogP contribution in [-0.4, -0.2) is 29.6 Å². The number of aromatic nitrogens is 2. The molecule has 0 aliphatic heterocycles. The summed E-state index contributed by atoms with van der Waals surface area (Å²) < 4.78 is 4.50. The minimum absolute atomic E-state index is 0.263. The number of methoxy groups -OCH3 is 1. The van der Waals surface area contributed by atoms with Gasteiger partial charge in [0.15, 0.2) is 0 Å². The van der Waals surface area contributed by atoms with E-state index in [2.05, 4.69) is 20.0 Å². The van der Waals surface area contributed by atoms with E-state index in [1.165, 1.54) is 7.11 Å². The molecule has 0 atom stereocenters. The number of nitrogens with two attached hydrogens (primary N) is 1. The monoisotopic (exact) mass is 210 g/mol. The molecule has 0 aromatic carbocycles. The lowest BCUT2D eigenvalue weighted by atomic mass is 10.4. The Morgan fingerprint density at radius 1 is 1.60 bits per heavy atom. The summed E-state index contributed by atoms with van der Waals surface area (Å²) in [6.45, 7) is 2.21. The molecule has 1 rings (SSSR count). The van der Waals surface area contributed by atoms with E-state index in [0.717, 1.165) is 0 Å². The number of hydrogen-bond donors (Lipinski definition) is 2. The van der Waals surface area contributed by atoms with Crippen molar-refractivity contribution in [2.24, 2.45) is 0 Å². The van der Waals surface area contributed by atoms with Gasteiger partial charge >= 0.3 is 5.97 Å². The molecule has 0 aliphatic carbocycles. The first-order valence-electron chi connectivity index (χ1n) is 4.53. The van der Waals surface area contributed by atoms with Crippen LogP contribution in [0.25, 0.3) is 0 Å². The fraction of sp³-hybridized carbons (Fsp3) is 0.444. The largest absolute Gasteiger partial charge is 0.469 e. The van der Waals surface area contributed by atoms with E-state index in [1.807, 2.05) is 0 Å². The fourth-order valence-electron chi connectivity index (χ4n) is 1.08. The molecule has 0 unspecified atom stereocenters. The number of carbonyl (C=O) groups is 1. The number of hydrogen-bond acceptors (Lipinski definition) is 6. The van der Waals surface area contributed by atoms with Crippen LogP contribution >= 0.6 is 0 Å². The molecule has 0 saturated carbocycles. The third-order valence-corrected chi connectivity index (χ3v) is 1.72. The molecule has 1 aromatic heterocycles. The van der Waals surface area contributed by atoms with E-state index in [-0.39, 0.29) is 5.97 Å². The van der Waals surface area contributed by atoms with Crippen LogP contribution in [0.1, 0.15) is 12.2 Å². The quantitative estimate of drug-likeness (QED) is 0.696. The van der Waals surface area contributed by atoms with E-state index in [9.17, 15) is 4.79 Å². The first-order chi connectivity index (χ1) is 7.11. The van der Waals surface area contributed by atoms with Crippen molar-refractivity contribution in [3.05, 3.63) is 11.9 Å². The zero-order chi connectivity index (χ0) is 11.3. The summed E-state index contributed by atoms with van der Waals surface area (Å²) in [5.41, 5.74) is 5.53. The summed E-state index contributed by atoms with van der Waals surface area (Å²) in [4.78, 5) is 18.8. The Morgan fingerprint density at radius 2 is 2.33 bits per heavy atom. The number of nitrogens with zero attached hydrogens (tertiary/aromatic N) is 2. The molecular formula is C9H14N4O2. The van der Waals surface area contributed by atoms with E-state index in [1.54, 1.807) is 13.0 Å². The van der Waals surface area contributed by atoms with Crippen molar-refractivity contribution < 1.29 is 9.53 Å². The molecule has 0 fully saturated rings. The summed E-state index contributed by atoms with van der Waals surface area (Å²) in [7, 11) is 1.36. The molecule has 15 heavy (non-hydrogen) atoms. The molecular weight excluding hydrogens is 196 g/mol. The van der Waals surface area contributed by atoms with Gasteiger partial charge in [0.2, 0.25) is 0 Å². The maximum Gasteiger partial charge on any atom is 0.307 e. The van der Waals surface area contributed by atoms with Gasteiger partial charge in [0.05, 0.1) is 13.5 Å². The minimum atomic E-state index is -0.263. The number of aryl methyl sites for hydroxylation is 1. The van der Waals surface area contributed by atoms with Gasteiger partial charge in [-0.05, 0) is 6.92 Å². The third kappa shape index (κ3) is 3.80. The number of esters is 1. The van der Waals surface area contributed by atoms with Crippen LogP contribution < -0.4 is 11.1 Å². The Labute approximate surface area is 87.9 Å². The van der Waals surface area contributed by atoms with Crippen molar-refractivity contribution in [3.8, 4) is 0 Å². The number of anilines is 2. The van der Waals surface area contributed by atoms with Crippen LogP contribution in [0.15, 0.2) is 6.07 Å². The molecule has 1 heterocycles. The van der Waals surface area contributed by atoms with Gasteiger partial charge in [-0.15, -0.1) is 0 Å². The van der Waals surface area contributed by atoms with Crippen LogP contribution in [0.2, 0.25) is 0 Å². The SMILES string of the molecule is COC(=O)CCNc1cc(N)nc(C)n1. The highest BCUT2D eigenvalue weighted by Crippen LogP contribution is 2.07. The maximum absolute atomic E-state index is 10.8. The standard InChI is InChI=1S/C9H14N4O2/c1-6-12-7(10)5-8(13-6)11-4-3-9(14)15-2/h5H,3-4H2,1-2H3,(H3,10,11,12,13). The summed E-state index contributed by atoms with van der Waals surface area (Å²) in [6, 6.07) is 1.62. The predicted octanol–water partition coefficient (Wildman–Crippen LogP) is 0.342. The van der Waals surface area contributed by atoms with Gasteiger partial charge in [-0.2, -0.15) is 0 Å². The highest BCUT2D eigenvalue weighted by atomic mass is 16.5. The Hall–Kier alpha value is -1.85. The third-order valence-electron chi connectivity index (χ3n) is 1.72. The van der Waals surface area contributed by atoms with Crippen molar-refractivity contribution in [2.75, 3.05) is 24.7 Å². The van der Waals surface area contributed by atoms with E-state index >= 15 is 0 Å². The average molecular weight is 210 g/mol. The average Bonchev–Trinajstić information content (AvgIpc) is 2.16. The Balaban J connectivity index is 2.47. The molecule has 0 aliphatic rings. The molecule has 0 saturated heterocycles. The van der Waals surface area contributed by atoms with Gasteiger partial charge in [-0.25, -0.2) is 9.97 Å². The second-order valence-corrected chi connectivity index (χ2v) is 2.98. The summed E-state index contributed by atoms with van der Waals surface area (Å²) in [5.74, 6) is 1.35. The van der Waals surface area contributed by atoms with Gasteiger partial charge in [0.25, 0.3) is 0 Å². The van der Waals surface area contributed by atoms with Crippen molar-refractivity contribution in [1.29, 1.82) is 0 Å². The number of carbonyl (C=O) groups excluding carboxylic acids is 1. The minimum Gasteiger partial charge on any atom is -0.469 e. The van der Waals surface area contributed by atoms with Crippen LogP contribution in [-0.2, 0) is 9.53 Å². The molecule has 3 N–H and O–H groups in total. The Kier molecular flexibility index (Phi) is 3.84. The lowest BCUT2D eigenvalue weighted by molar-refractivity contribution is -0.140. The van der Waals surface area contributed by atoms with E-state index in [0.29, 0.717) is 30.4 Å². The Morgan fingerprint density at radius 3 is 2.93 bits per heavy atom. The summed E-state index contributed by atoms with van der Waals surface area (Å²) >= 11 is 0. The van der Waals surface area contributed by atoms with Crippen LogP contribution in [0.5, 0.6) is 0 Å². The number of ether oxygens (including phenoxy) is 1. The van der Waals surface area contributed by atoms with Crippen molar-refractivity contribution in [2.45, 2.75) is 13.3 Å². The van der Waals surface area contributed by atoms with Crippen molar-refractivity contribution >= 4 is 17.6 Å². The van der Waals surface area contributed by atoms with E-state index < -0.39 is 0 Å². The van der Waals surface area contributed by atoms with Crippen LogP contribution in [0.4, 0.5) is 11.6 Å². The van der Waals surface area contributed by atoms with E-state index in [4.69, 9.17) is 5.73 Å². The van der Waals surface area contributed by atoms with Gasteiger partial charge in [0.1, 0.15) is 17.5 Å². The molecule has 0 amide bonds. The predicted molar refractivity (Wildman–Crippen MR) is 56.3 cm³/mol. The first-order valence-corrected chi connectivity index (χ1v) is 4.53. The second-order valence-electron chi connectivity index (χ2n) is 2.98. The maximum atomic E-state index is 10.8. The van der Waals surface area contributed by atoms with Gasteiger partial charge in [-0.3, -0.25) is 4.79 Å². The van der Waals surface area contributed by atoms with Crippen molar-refractivity contribution in [1.82, 2.24) is 9.97 Å². The number of nitrogens with one attached hydrogen (secondary N) is 1. The summed E-state index contributed by atoms with van der Waals surface area (Å²) in [5, 5.41) is 2.96. The lowest BCUT2D eigenvalue weighted by Crippen LogP contribution is -2.11. The molecule has 0 spiro atoms. The normalized spacial score (nSPS) is 9.73. The highest BCUT2D eigenvalue weighted by molar-refractivity contribution is 5.69. The van der Waals surface area contributed by atoms with Crippen LogP contribution in [0.3, 0.4) is 0 Å². The molecule has 1 aromatic rings. The molecule has 6 nitrogen and oxygen atoms in total. The van der Waals surface area contributed by atoms with Crippen molar-refractivity contribution in [3.63, 3.8) is 0 Å². The van der Waals surface area contributed by atoms with Gasteiger partial charge < -0.3 is 15.8 Å². The highest BCUT2D eigenvalue weighted by Gasteiger charge is 2.01. The zero-order valence-corrected chi connectivity index (χ0v) is 8.78. The molecule has 0 radical (unpaired) electrons. The molecule has 6 heteroatoms. The zero-order valence-electron chi connectivity index (χ0n) is 8.78. The molecule has 82 valence electrons. The number of nitrogen functional groups attached to an aromatic ring is 1. The van der Waals surface area contributed by atoms with Gasteiger partial charge in [0, 0.05) is 12.6 Å². The fourth-order valence-corrected chi connectivity index (χ4v) is 1.08.